The first-order valence-corrected chi connectivity index (χ1v) is 7.28. The summed E-state index contributed by atoms with van der Waals surface area (Å²) in [7, 11) is -1.49. The maximum absolute atomic E-state index is 8.51. The molecule has 70 valence electrons. The maximum Gasteiger partial charge on any atom is 0.193 e. The summed E-state index contributed by atoms with van der Waals surface area (Å²) in [6.45, 7) is 7.21. The second kappa shape index (κ2) is 6.21. The SMILES string of the molecule is CCO[Si](CC)(CC)CCC#N. The van der Waals surface area contributed by atoms with Crippen LogP contribution in [0.3, 0.4) is 0 Å². The third-order valence-electron chi connectivity index (χ3n) is 2.43. The van der Waals surface area contributed by atoms with Gasteiger partial charge in [-0.3, -0.25) is 0 Å². The van der Waals surface area contributed by atoms with E-state index in [4.69, 9.17) is 9.69 Å². The minimum Gasteiger partial charge on any atom is -0.417 e. The van der Waals surface area contributed by atoms with Gasteiger partial charge in [0, 0.05) is 13.0 Å². The Bertz CT molecular complexity index is 149. The molecule has 12 heavy (non-hydrogen) atoms. The number of nitriles is 1. The summed E-state index contributed by atoms with van der Waals surface area (Å²) < 4.78 is 5.82. The molecular formula is C9H19NOSi. The average Bonchev–Trinajstić information content (AvgIpc) is 2.13. The molecule has 0 N–H and O–H groups in total. The van der Waals surface area contributed by atoms with Crippen LogP contribution in [0, 0.1) is 11.3 Å². The molecule has 0 amide bonds. The first-order chi connectivity index (χ1) is 5.74. The largest absolute Gasteiger partial charge is 0.417 e. The summed E-state index contributed by atoms with van der Waals surface area (Å²) in [5.41, 5.74) is 0. The van der Waals surface area contributed by atoms with Gasteiger partial charge in [-0.25, -0.2) is 0 Å². The maximum atomic E-state index is 8.51. The standard InChI is InChI=1S/C9H19NOSi/c1-4-11-12(5-2,6-3)9-7-8-10/h4-7,9H2,1-3H3. The molecule has 0 radical (unpaired) electrons. The summed E-state index contributed by atoms with van der Waals surface area (Å²) >= 11 is 0. The van der Waals surface area contributed by atoms with Crippen LogP contribution in [0.1, 0.15) is 27.2 Å². The Balaban J connectivity index is 4.06. The molecule has 0 saturated carbocycles. The highest BCUT2D eigenvalue weighted by Crippen LogP contribution is 2.23. The number of hydrogen-bond acceptors (Lipinski definition) is 2. The predicted molar refractivity (Wildman–Crippen MR) is 53.4 cm³/mol. The third-order valence-corrected chi connectivity index (χ3v) is 7.07. The van der Waals surface area contributed by atoms with E-state index in [1.165, 1.54) is 0 Å². The first kappa shape index (κ1) is 11.7. The quantitative estimate of drug-likeness (QED) is 0.596. The van der Waals surface area contributed by atoms with E-state index in [2.05, 4.69) is 19.9 Å². The molecule has 0 bridgehead atoms. The summed E-state index contributed by atoms with van der Waals surface area (Å²) in [4.78, 5) is 0. The van der Waals surface area contributed by atoms with E-state index in [1.807, 2.05) is 6.92 Å². The molecule has 0 aromatic carbocycles. The second-order valence-corrected chi connectivity index (χ2v) is 7.55. The van der Waals surface area contributed by atoms with Gasteiger partial charge in [0.1, 0.15) is 0 Å². The Hall–Kier alpha value is -0.333. The van der Waals surface area contributed by atoms with Gasteiger partial charge in [-0.1, -0.05) is 13.8 Å². The van der Waals surface area contributed by atoms with Crippen LogP contribution < -0.4 is 0 Å². The normalized spacial score (nSPS) is 11.2. The summed E-state index contributed by atoms with van der Waals surface area (Å²) in [6.07, 6.45) is 0.661. The Morgan fingerprint density at radius 2 is 1.83 bits per heavy atom. The monoisotopic (exact) mass is 185 g/mol. The average molecular weight is 185 g/mol. The van der Waals surface area contributed by atoms with Crippen LogP contribution in [0.5, 0.6) is 0 Å². The molecule has 0 unspecified atom stereocenters. The van der Waals surface area contributed by atoms with E-state index in [0.29, 0.717) is 6.42 Å². The van der Waals surface area contributed by atoms with Gasteiger partial charge in [0.2, 0.25) is 0 Å². The fourth-order valence-electron chi connectivity index (χ4n) is 1.47. The topological polar surface area (TPSA) is 33.0 Å². The van der Waals surface area contributed by atoms with Crippen molar-refractivity contribution >= 4 is 8.32 Å². The van der Waals surface area contributed by atoms with E-state index in [1.54, 1.807) is 0 Å². The minimum absolute atomic E-state index is 0.661. The molecule has 2 nitrogen and oxygen atoms in total. The lowest BCUT2D eigenvalue weighted by atomic mass is 10.6. The highest BCUT2D eigenvalue weighted by atomic mass is 28.4. The van der Waals surface area contributed by atoms with E-state index >= 15 is 0 Å². The zero-order chi connectivity index (χ0) is 9.45. The smallest absolute Gasteiger partial charge is 0.193 e. The lowest BCUT2D eigenvalue weighted by Crippen LogP contribution is -2.36. The van der Waals surface area contributed by atoms with Crippen LogP contribution in [0.4, 0.5) is 0 Å². The summed E-state index contributed by atoms with van der Waals surface area (Å²) in [6, 6.07) is 5.48. The zero-order valence-corrected chi connectivity index (χ0v) is 9.39. The summed E-state index contributed by atoms with van der Waals surface area (Å²) in [5.74, 6) is 0. The van der Waals surface area contributed by atoms with Crippen LogP contribution in [0.15, 0.2) is 0 Å². The first-order valence-electron chi connectivity index (χ1n) is 4.75. The Labute approximate surface area is 76.7 Å². The molecule has 0 aliphatic carbocycles. The van der Waals surface area contributed by atoms with Crippen molar-refractivity contribution in [2.24, 2.45) is 0 Å². The predicted octanol–water partition coefficient (Wildman–Crippen LogP) is 2.92. The number of nitrogens with zero attached hydrogens (tertiary/aromatic N) is 1. The summed E-state index contributed by atoms with van der Waals surface area (Å²) in [5, 5.41) is 8.51. The van der Waals surface area contributed by atoms with Crippen molar-refractivity contribution in [3.05, 3.63) is 0 Å². The van der Waals surface area contributed by atoms with Crippen molar-refractivity contribution in [2.45, 2.75) is 45.3 Å². The molecule has 0 fully saturated rings. The fourth-order valence-corrected chi connectivity index (χ4v) is 4.41. The van der Waals surface area contributed by atoms with Gasteiger partial charge in [-0.2, -0.15) is 5.26 Å². The minimum atomic E-state index is -1.49. The van der Waals surface area contributed by atoms with Crippen molar-refractivity contribution in [1.29, 1.82) is 5.26 Å². The van der Waals surface area contributed by atoms with Crippen molar-refractivity contribution in [3.63, 3.8) is 0 Å². The van der Waals surface area contributed by atoms with Crippen LogP contribution in [0.2, 0.25) is 18.1 Å². The van der Waals surface area contributed by atoms with Gasteiger partial charge >= 0.3 is 0 Å². The van der Waals surface area contributed by atoms with E-state index in [-0.39, 0.29) is 0 Å². The van der Waals surface area contributed by atoms with Gasteiger partial charge in [-0.05, 0) is 25.1 Å². The van der Waals surface area contributed by atoms with Gasteiger partial charge < -0.3 is 4.43 Å². The van der Waals surface area contributed by atoms with Crippen molar-refractivity contribution in [2.75, 3.05) is 6.61 Å². The second-order valence-electron chi connectivity index (χ2n) is 2.98. The van der Waals surface area contributed by atoms with Gasteiger partial charge in [0.05, 0.1) is 6.07 Å². The Morgan fingerprint density at radius 1 is 1.25 bits per heavy atom. The molecule has 0 aromatic heterocycles. The molecule has 0 spiro atoms. The molecule has 0 heterocycles. The van der Waals surface area contributed by atoms with Crippen molar-refractivity contribution < 1.29 is 4.43 Å². The Morgan fingerprint density at radius 3 is 2.17 bits per heavy atom. The van der Waals surface area contributed by atoms with E-state index < -0.39 is 8.32 Å². The molecule has 0 aliphatic heterocycles. The molecule has 0 aromatic rings. The van der Waals surface area contributed by atoms with Crippen LogP contribution >= 0.6 is 0 Å². The highest BCUT2D eigenvalue weighted by molar-refractivity contribution is 6.73. The van der Waals surface area contributed by atoms with E-state index in [9.17, 15) is 0 Å². The highest BCUT2D eigenvalue weighted by Gasteiger charge is 2.29. The van der Waals surface area contributed by atoms with Crippen LogP contribution in [0.25, 0.3) is 0 Å². The number of hydrogen-bond donors (Lipinski definition) is 0. The number of rotatable bonds is 6. The molecule has 3 heteroatoms. The molecule has 0 saturated heterocycles. The van der Waals surface area contributed by atoms with Crippen LogP contribution in [-0.2, 0) is 4.43 Å². The third kappa shape index (κ3) is 3.38. The Kier molecular flexibility index (Phi) is 6.04. The van der Waals surface area contributed by atoms with Crippen molar-refractivity contribution in [3.8, 4) is 6.07 Å². The van der Waals surface area contributed by atoms with E-state index in [0.717, 1.165) is 24.7 Å². The molecule has 0 aliphatic rings. The zero-order valence-electron chi connectivity index (χ0n) is 8.39. The van der Waals surface area contributed by atoms with Crippen LogP contribution in [-0.4, -0.2) is 14.9 Å². The molecule has 0 rings (SSSR count). The molecular weight excluding hydrogens is 166 g/mol. The van der Waals surface area contributed by atoms with Crippen molar-refractivity contribution in [1.82, 2.24) is 0 Å². The fraction of sp³-hybridized carbons (Fsp3) is 0.889. The van der Waals surface area contributed by atoms with Gasteiger partial charge in [0.15, 0.2) is 8.32 Å². The van der Waals surface area contributed by atoms with Gasteiger partial charge in [0.25, 0.3) is 0 Å². The van der Waals surface area contributed by atoms with Gasteiger partial charge in [-0.15, -0.1) is 0 Å². The molecule has 0 atom stereocenters. The lowest BCUT2D eigenvalue weighted by Gasteiger charge is -2.27. The lowest BCUT2D eigenvalue weighted by molar-refractivity contribution is 0.320.